The minimum Gasteiger partial charge on any atom is -0.438 e. The Morgan fingerprint density at radius 3 is 2.07 bits per heavy atom. The van der Waals surface area contributed by atoms with Crippen LogP contribution in [0.1, 0.15) is 0 Å². The fourth-order valence-electron chi connectivity index (χ4n) is 6.65. The zero-order chi connectivity index (χ0) is 30.5. The first-order valence-corrected chi connectivity index (χ1v) is 15.5. The van der Waals surface area contributed by atoms with Crippen molar-refractivity contribution in [3.63, 3.8) is 0 Å². The Balaban J connectivity index is 1.20. The van der Waals surface area contributed by atoms with Gasteiger partial charge < -0.3 is 9.32 Å². The van der Waals surface area contributed by atoms with Crippen molar-refractivity contribution >= 4 is 60.7 Å². The Kier molecular flexibility index (Phi) is 6.14. The van der Waals surface area contributed by atoms with Crippen LogP contribution >= 0.6 is 0 Å². The SMILES string of the molecule is c1ccc(-c2cccc(N(c3ccc(-c4cccc5ccccc45)cc3)c3ccc4cc5oc6ncccc6c5cc4c3)c2)cc1. The van der Waals surface area contributed by atoms with Crippen molar-refractivity contribution in [3.05, 3.63) is 170 Å². The van der Waals surface area contributed by atoms with Crippen LogP contribution in [0.2, 0.25) is 0 Å². The standard InChI is InChI=1S/C43H28N2O/c1-2-9-29(10-3-1)32-13-6-14-36(25-32)45(35-21-18-31(19-22-35)39-16-7-12-30-11-4-5-15-38(30)39)37-23-20-33-28-42-41(27-34(33)26-37)40-17-8-24-44-43(40)46-42/h1-28H. The number of aromatic nitrogens is 1. The third kappa shape index (κ3) is 4.49. The number of benzene rings is 7. The summed E-state index contributed by atoms with van der Waals surface area (Å²) in [6.07, 6.45) is 1.77. The maximum Gasteiger partial charge on any atom is 0.227 e. The van der Waals surface area contributed by atoms with Crippen LogP contribution in [0.4, 0.5) is 17.1 Å². The predicted octanol–water partition coefficient (Wildman–Crippen LogP) is 12.1. The molecule has 0 radical (unpaired) electrons. The van der Waals surface area contributed by atoms with E-state index in [2.05, 4.69) is 168 Å². The molecule has 2 heterocycles. The summed E-state index contributed by atoms with van der Waals surface area (Å²) in [5.41, 5.74) is 9.58. The van der Waals surface area contributed by atoms with Gasteiger partial charge in [-0.25, -0.2) is 4.98 Å². The molecule has 0 saturated carbocycles. The van der Waals surface area contributed by atoms with E-state index in [9.17, 15) is 0 Å². The molecule has 7 aromatic carbocycles. The highest BCUT2D eigenvalue weighted by molar-refractivity contribution is 6.09. The molecule has 0 aliphatic rings. The van der Waals surface area contributed by atoms with Crippen LogP contribution in [-0.2, 0) is 0 Å². The molecule has 0 amide bonds. The summed E-state index contributed by atoms with van der Waals surface area (Å²) >= 11 is 0. The summed E-state index contributed by atoms with van der Waals surface area (Å²) in [6, 6.07) is 58.4. The second kappa shape index (κ2) is 10.8. The van der Waals surface area contributed by atoms with Gasteiger partial charge in [-0.15, -0.1) is 0 Å². The van der Waals surface area contributed by atoms with Crippen LogP contribution in [0.25, 0.3) is 65.9 Å². The molecule has 2 aromatic heterocycles. The topological polar surface area (TPSA) is 29.3 Å². The van der Waals surface area contributed by atoms with Crippen molar-refractivity contribution in [2.45, 2.75) is 0 Å². The number of rotatable bonds is 5. The molecule has 0 fully saturated rings. The van der Waals surface area contributed by atoms with E-state index in [1.54, 1.807) is 6.20 Å². The van der Waals surface area contributed by atoms with E-state index in [4.69, 9.17) is 4.42 Å². The fraction of sp³-hybridized carbons (Fsp3) is 0. The number of hydrogen-bond acceptors (Lipinski definition) is 3. The van der Waals surface area contributed by atoms with Crippen LogP contribution in [0, 0.1) is 0 Å². The normalized spacial score (nSPS) is 11.5. The molecule has 0 bridgehead atoms. The zero-order valence-corrected chi connectivity index (χ0v) is 25.0. The molecule has 0 spiro atoms. The quantitative estimate of drug-likeness (QED) is 0.200. The van der Waals surface area contributed by atoms with Gasteiger partial charge in [0, 0.05) is 34.0 Å². The summed E-state index contributed by atoms with van der Waals surface area (Å²) in [5.74, 6) is 0. The van der Waals surface area contributed by atoms with E-state index < -0.39 is 0 Å². The van der Waals surface area contributed by atoms with Gasteiger partial charge >= 0.3 is 0 Å². The summed E-state index contributed by atoms with van der Waals surface area (Å²) in [5, 5.41) is 6.88. The van der Waals surface area contributed by atoms with E-state index in [1.165, 1.54) is 33.0 Å². The van der Waals surface area contributed by atoms with Crippen LogP contribution in [-0.4, -0.2) is 4.98 Å². The first kappa shape index (κ1) is 26.2. The van der Waals surface area contributed by atoms with Crippen molar-refractivity contribution < 1.29 is 4.42 Å². The van der Waals surface area contributed by atoms with E-state index in [1.807, 2.05) is 6.07 Å². The second-order valence-corrected chi connectivity index (χ2v) is 11.7. The highest BCUT2D eigenvalue weighted by atomic mass is 16.3. The first-order chi connectivity index (χ1) is 22.8. The van der Waals surface area contributed by atoms with Gasteiger partial charge in [0.15, 0.2) is 0 Å². The molecule has 0 aliphatic heterocycles. The minimum absolute atomic E-state index is 0.665. The fourth-order valence-corrected chi connectivity index (χ4v) is 6.65. The first-order valence-electron chi connectivity index (χ1n) is 15.5. The van der Waals surface area contributed by atoms with Crippen molar-refractivity contribution in [1.29, 1.82) is 0 Å². The Morgan fingerprint density at radius 1 is 0.413 bits per heavy atom. The van der Waals surface area contributed by atoms with Crippen LogP contribution in [0.5, 0.6) is 0 Å². The lowest BCUT2D eigenvalue weighted by Crippen LogP contribution is -2.10. The number of furan rings is 1. The van der Waals surface area contributed by atoms with Gasteiger partial charge in [0.1, 0.15) is 5.58 Å². The van der Waals surface area contributed by atoms with Crippen molar-refractivity contribution in [2.75, 3.05) is 4.90 Å². The van der Waals surface area contributed by atoms with Crippen molar-refractivity contribution in [3.8, 4) is 22.3 Å². The Bertz CT molecular complexity index is 2530. The van der Waals surface area contributed by atoms with Gasteiger partial charge in [-0.05, 0) is 104 Å². The van der Waals surface area contributed by atoms with Crippen LogP contribution in [0.3, 0.4) is 0 Å². The largest absolute Gasteiger partial charge is 0.438 e. The molecule has 216 valence electrons. The van der Waals surface area contributed by atoms with Crippen LogP contribution in [0.15, 0.2) is 174 Å². The number of pyridine rings is 1. The summed E-state index contributed by atoms with van der Waals surface area (Å²) in [6.45, 7) is 0. The predicted molar refractivity (Wildman–Crippen MR) is 192 cm³/mol. The molecule has 0 N–H and O–H groups in total. The third-order valence-corrected chi connectivity index (χ3v) is 8.89. The number of nitrogens with zero attached hydrogens (tertiary/aromatic N) is 2. The van der Waals surface area contributed by atoms with Crippen LogP contribution < -0.4 is 4.90 Å². The molecular formula is C43H28N2O. The molecular weight excluding hydrogens is 560 g/mol. The lowest BCUT2D eigenvalue weighted by molar-refractivity contribution is 0.654. The summed E-state index contributed by atoms with van der Waals surface area (Å²) in [7, 11) is 0. The number of fused-ring (bicyclic) bond motifs is 5. The molecule has 0 atom stereocenters. The molecule has 46 heavy (non-hydrogen) atoms. The Labute approximate surface area is 266 Å². The highest BCUT2D eigenvalue weighted by Crippen LogP contribution is 2.40. The third-order valence-electron chi connectivity index (χ3n) is 8.89. The number of anilines is 3. The lowest BCUT2D eigenvalue weighted by atomic mass is 9.98. The molecule has 0 aliphatic carbocycles. The van der Waals surface area contributed by atoms with Gasteiger partial charge in [0.2, 0.25) is 5.71 Å². The van der Waals surface area contributed by atoms with E-state index in [0.717, 1.165) is 44.2 Å². The molecule has 0 unspecified atom stereocenters. The van der Waals surface area contributed by atoms with Crippen molar-refractivity contribution in [1.82, 2.24) is 4.98 Å². The Morgan fingerprint density at radius 2 is 1.15 bits per heavy atom. The maximum absolute atomic E-state index is 6.08. The van der Waals surface area contributed by atoms with Gasteiger partial charge in [0.05, 0.1) is 0 Å². The monoisotopic (exact) mass is 588 g/mol. The van der Waals surface area contributed by atoms with Gasteiger partial charge in [0.25, 0.3) is 0 Å². The highest BCUT2D eigenvalue weighted by Gasteiger charge is 2.16. The maximum atomic E-state index is 6.08. The smallest absolute Gasteiger partial charge is 0.227 e. The van der Waals surface area contributed by atoms with Gasteiger partial charge in [-0.1, -0.05) is 103 Å². The average molecular weight is 589 g/mol. The average Bonchev–Trinajstić information content (AvgIpc) is 3.49. The molecule has 9 rings (SSSR count). The van der Waals surface area contributed by atoms with E-state index >= 15 is 0 Å². The molecule has 3 nitrogen and oxygen atoms in total. The zero-order valence-electron chi connectivity index (χ0n) is 25.0. The summed E-state index contributed by atoms with van der Waals surface area (Å²) < 4.78 is 6.08. The molecule has 0 saturated heterocycles. The number of hydrogen-bond donors (Lipinski definition) is 0. The summed E-state index contributed by atoms with van der Waals surface area (Å²) in [4.78, 5) is 6.78. The van der Waals surface area contributed by atoms with E-state index in [0.29, 0.717) is 5.71 Å². The van der Waals surface area contributed by atoms with Gasteiger partial charge in [-0.3, -0.25) is 0 Å². The Hall–Kier alpha value is -6.19. The van der Waals surface area contributed by atoms with E-state index in [-0.39, 0.29) is 0 Å². The molecule has 9 aromatic rings. The second-order valence-electron chi connectivity index (χ2n) is 11.7. The van der Waals surface area contributed by atoms with Gasteiger partial charge in [-0.2, -0.15) is 0 Å². The molecule has 3 heteroatoms. The lowest BCUT2D eigenvalue weighted by Gasteiger charge is -2.26. The minimum atomic E-state index is 0.665. The van der Waals surface area contributed by atoms with Crippen molar-refractivity contribution in [2.24, 2.45) is 0 Å².